The van der Waals surface area contributed by atoms with Gasteiger partial charge in [-0.15, -0.1) is 0 Å². The van der Waals surface area contributed by atoms with Crippen LogP contribution in [0.25, 0.3) is 22.0 Å². The topological polar surface area (TPSA) is 26.2 Å². The Morgan fingerprint density at radius 3 is 2.68 bits per heavy atom. The van der Waals surface area contributed by atoms with Crippen LogP contribution in [0.1, 0.15) is 24.8 Å². The van der Waals surface area contributed by atoms with Crippen molar-refractivity contribution in [3.63, 3.8) is 0 Å². The number of aromatic nitrogens is 1. The van der Waals surface area contributed by atoms with E-state index in [0.29, 0.717) is 0 Å². The molecule has 1 aliphatic rings. The number of ether oxygens (including phenoxy) is 1. The highest BCUT2D eigenvalue weighted by atomic mass is 16.5. The van der Waals surface area contributed by atoms with Gasteiger partial charge in [0.05, 0.1) is 0 Å². The van der Waals surface area contributed by atoms with Crippen molar-refractivity contribution in [2.24, 2.45) is 0 Å². The predicted octanol–water partition coefficient (Wildman–Crippen LogP) is 4.60. The van der Waals surface area contributed by atoms with E-state index >= 15 is 0 Å². The van der Waals surface area contributed by atoms with Gasteiger partial charge in [-0.1, -0.05) is 42.5 Å². The minimum atomic E-state index is 0.718. The first-order valence-electron chi connectivity index (χ1n) is 9.25. The molecule has 1 aliphatic carbocycles. The fourth-order valence-electron chi connectivity index (χ4n) is 3.54. The lowest BCUT2D eigenvalue weighted by Gasteiger charge is -2.08. The number of nitrogens with one attached hydrogen (secondary N) is 1. The second-order valence-electron chi connectivity index (χ2n) is 6.91. The predicted molar refractivity (Wildman–Crippen MR) is 104 cm³/mol. The van der Waals surface area contributed by atoms with Gasteiger partial charge in [-0.2, -0.15) is 0 Å². The van der Waals surface area contributed by atoms with Crippen LogP contribution in [-0.2, 0) is 17.8 Å². The maximum Gasteiger partial charge on any atom is 0.0489 e. The van der Waals surface area contributed by atoms with Crippen molar-refractivity contribution >= 4 is 10.9 Å². The number of rotatable bonds is 8. The summed E-state index contributed by atoms with van der Waals surface area (Å²) in [5, 5.41) is 5.07. The molecule has 0 atom stereocenters. The molecule has 1 aromatic heterocycles. The molecule has 1 saturated carbocycles. The van der Waals surface area contributed by atoms with Crippen LogP contribution in [0.3, 0.4) is 0 Å². The SMILES string of the molecule is COCCCn1cc(CNC2CC2)c2c(-c3ccccc3)cccc21. The summed E-state index contributed by atoms with van der Waals surface area (Å²) >= 11 is 0. The number of hydrogen-bond acceptors (Lipinski definition) is 2. The lowest BCUT2D eigenvalue weighted by molar-refractivity contribution is 0.190. The molecule has 0 bridgehead atoms. The third-order valence-corrected chi connectivity index (χ3v) is 4.98. The van der Waals surface area contributed by atoms with Crippen LogP contribution in [0.4, 0.5) is 0 Å². The van der Waals surface area contributed by atoms with Crippen molar-refractivity contribution in [2.45, 2.75) is 38.4 Å². The summed E-state index contributed by atoms with van der Waals surface area (Å²) < 4.78 is 7.63. The number of fused-ring (bicyclic) bond motifs is 1. The van der Waals surface area contributed by atoms with Gasteiger partial charge in [-0.25, -0.2) is 0 Å². The summed E-state index contributed by atoms with van der Waals surface area (Å²) in [6, 6.07) is 18.1. The number of aryl methyl sites for hydroxylation is 1. The molecule has 0 unspecified atom stereocenters. The van der Waals surface area contributed by atoms with Crippen LogP contribution in [-0.4, -0.2) is 24.3 Å². The van der Waals surface area contributed by atoms with Gasteiger partial charge in [0.15, 0.2) is 0 Å². The zero-order valence-corrected chi connectivity index (χ0v) is 14.9. The summed E-state index contributed by atoms with van der Waals surface area (Å²) in [4.78, 5) is 0. The first kappa shape index (κ1) is 16.4. The monoisotopic (exact) mass is 334 g/mol. The number of nitrogens with zero attached hydrogens (tertiary/aromatic N) is 1. The Labute approximate surface area is 149 Å². The third kappa shape index (κ3) is 3.63. The smallest absolute Gasteiger partial charge is 0.0489 e. The molecule has 1 fully saturated rings. The summed E-state index contributed by atoms with van der Waals surface area (Å²) in [7, 11) is 1.77. The van der Waals surface area contributed by atoms with Gasteiger partial charge in [0.1, 0.15) is 0 Å². The van der Waals surface area contributed by atoms with Crippen LogP contribution >= 0.6 is 0 Å². The molecule has 0 radical (unpaired) electrons. The first-order chi connectivity index (χ1) is 12.4. The fourth-order valence-corrected chi connectivity index (χ4v) is 3.54. The number of benzene rings is 2. The van der Waals surface area contributed by atoms with E-state index in [1.807, 2.05) is 0 Å². The van der Waals surface area contributed by atoms with E-state index in [9.17, 15) is 0 Å². The molecule has 3 heteroatoms. The first-order valence-corrected chi connectivity index (χ1v) is 9.25. The van der Waals surface area contributed by atoms with Crippen LogP contribution in [0.5, 0.6) is 0 Å². The zero-order chi connectivity index (χ0) is 17.1. The van der Waals surface area contributed by atoms with Crippen LogP contribution in [0.2, 0.25) is 0 Å². The molecule has 1 N–H and O–H groups in total. The van der Waals surface area contributed by atoms with Crippen molar-refractivity contribution in [2.75, 3.05) is 13.7 Å². The molecule has 4 rings (SSSR count). The zero-order valence-electron chi connectivity index (χ0n) is 14.9. The molecule has 0 aliphatic heterocycles. The Morgan fingerprint density at radius 1 is 1.08 bits per heavy atom. The van der Waals surface area contributed by atoms with Crippen LogP contribution in [0.15, 0.2) is 54.7 Å². The number of methoxy groups -OCH3 is 1. The van der Waals surface area contributed by atoms with E-state index in [4.69, 9.17) is 4.74 Å². The highest BCUT2D eigenvalue weighted by Gasteiger charge is 2.21. The summed E-state index contributed by atoms with van der Waals surface area (Å²) in [5.74, 6) is 0. The van der Waals surface area contributed by atoms with Crippen molar-refractivity contribution < 1.29 is 4.74 Å². The molecule has 1 heterocycles. The van der Waals surface area contributed by atoms with E-state index < -0.39 is 0 Å². The Morgan fingerprint density at radius 2 is 1.92 bits per heavy atom. The quantitative estimate of drug-likeness (QED) is 0.610. The minimum absolute atomic E-state index is 0.718. The number of hydrogen-bond donors (Lipinski definition) is 1. The maximum absolute atomic E-state index is 5.24. The molecule has 3 nitrogen and oxygen atoms in total. The van der Waals surface area contributed by atoms with Crippen LogP contribution in [0, 0.1) is 0 Å². The van der Waals surface area contributed by atoms with Crippen LogP contribution < -0.4 is 5.32 Å². The van der Waals surface area contributed by atoms with Gasteiger partial charge in [-0.05, 0) is 42.0 Å². The van der Waals surface area contributed by atoms with Crippen molar-refractivity contribution in [1.82, 2.24) is 9.88 Å². The maximum atomic E-state index is 5.24. The normalized spacial score (nSPS) is 14.3. The standard InChI is InChI=1S/C22H26N2O/c1-25-14-6-13-24-16-18(15-23-19-11-12-19)22-20(9-5-10-21(22)24)17-7-3-2-4-8-17/h2-5,7-10,16,19,23H,6,11-15H2,1H3. The lowest BCUT2D eigenvalue weighted by atomic mass is 9.99. The molecule has 0 amide bonds. The molecular weight excluding hydrogens is 308 g/mol. The molecule has 2 aromatic carbocycles. The molecule has 3 aromatic rings. The Bertz CT molecular complexity index is 834. The lowest BCUT2D eigenvalue weighted by Crippen LogP contribution is -2.15. The fraction of sp³-hybridized carbons (Fsp3) is 0.364. The highest BCUT2D eigenvalue weighted by molar-refractivity contribution is 5.98. The Balaban J connectivity index is 1.76. The molecule has 0 saturated heterocycles. The van der Waals surface area contributed by atoms with Gasteiger partial charge in [-0.3, -0.25) is 0 Å². The average molecular weight is 334 g/mol. The Hall–Kier alpha value is -2.10. The third-order valence-electron chi connectivity index (χ3n) is 4.98. The molecular formula is C22H26N2O. The minimum Gasteiger partial charge on any atom is -0.385 e. The highest BCUT2D eigenvalue weighted by Crippen LogP contribution is 2.33. The van der Waals surface area contributed by atoms with Gasteiger partial charge in [0.2, 0.25) is 0 Å². The van der Waals surface area contributed by atoms with Crippen molar-refractivity contribution in [3.05, 3.63) is 60.3 Å². The van der Waals surface area contributed by atoms with Crippen molar-refractivity contribution in [1.29, 1.82) is 0 Å². The van der Waals surface area contributed by atoms with Gasteiger partial charge in [0, 0.05) is 49.9 Å². The largest absolute Gasteiger partial charge is 0.385 e. The van der Waals surface area contributed by atoms with E-state index in [1.165, 1.54) is 40.4 Å². The van der Waals surface area contributed by atoms with Gasteiger partial charge in [0.25, 0.3) is 0 Å². The molecule has 25 heavy (non-hydrogen) atoms. The van der Waals surface area contributed by atoms with Gasteiger partial charge < -0.3 is 14.6 Å². The molecule has 130 valence electrons. The second kappa shape index (κ2) is 7.42. The second-order valence-corrected chi connectivity index (χ2v) is 6.91. The van der Waals surface area contributed by atoms with Crippen molar-refractivity contribution in [3.8, 4) is 11.1 Å². The molecule has 0 spiro atoms. The van der Waals surface area contributed by atoms with Gasteiger partial charge >= 0.3 is 0 Å². The average Bonchev–Trinajstić information content (AvgIpc) is 3.42. The van der Waals surface area contributed by atoms with E-state index in [1.54, 1.807) is 7.11 Å². The summed E-state index contributed by atoms with van der Waals surface area (Å²) in [6.07, 6.45) is 6.00. The van der Waals surface area contributed by atoms with E-state index in [2.05, 4.69) is 64.6 Å². The van der Waals surface area contributed by atoms with E-state index in [0.717, 1.165) is 32.2 Å². The summed E-state index contributed by atoms with van der Waals surface area (Å²) in [5.41, 5.74) is 5.34. The van der Waals surface area contributed by atoms with E-state index in [-0.39, 0.29) is 0 Å². The summed E-state index contributed by atoms with van der Waals surface area (Å²) in [6.45, 7) is 2.74. The Kier molecular flexibility index (Phi) is 4.86.